The number of benzene rings is 1. The number of anilines is 2. The summed E-state index contributed by atoms with van der Waals surface area (Å²) in [7, 11) is 0. The third-order valence-corrected chi connectivity index (χ3v) is 7.47. The zero-order chi connectivity index (χ0) is 22.7. The lowest BCUT2D eigenvalue weighted by molar-refractivity contribution is -0.113. The van der Waals surface area contributed by atoms with Crippen LogP contribution < -0.4 is 15.6 Å². The molecule has 0 radical (unpaired) electrons. The van der Waals surface area contributed by atoms with E-state index in [0.717, 1.165) is 10.7 Å². The van der Waals surface area contributed by atoms with Crippen LogP contribution in [0.5, 0.6) is 0 Å². The van der Waals surface area contributed by atoms with E-state index in [9.17, 15) is 9.59 Å². The van der Waals surface area contributed by atoms with Crippen molar-refractivity contribution in [2.75, 3.05) is 36.0 Å². The number of nitrogens with zero attached hydrogens (tertiary/aromatic N) is 3. The largest absolute Gasteiger partial charge is 0.519 e. The van der Waals surface area contributed by atoms with Gasteiger partial charge in [0.15, 0.2) is 11.5 Å². The van der Waals surface area contributed by atoms with Gasteiger partial charge in [0.2, 0.25) is 0 Å². The third kappa shape index (κ3) is 3.31. The summed E-state index contributed by atoms with van der Waals surface area (Å²) < 4.78 is 25.3. The van der Waals surface area contributed by atoms with Gasteiger partial charge in [0, 0.05) is 31.7 Å². The molecule has 5 rings (SSSR count). The van der Waals surface area contributed by atoms with Crippen molar-refractivity contribution in [2.24, 2.45) is 0 Å². The highest BCUT2D eigenvalue weighted by Gasteiger charge is 2.41. The number of hydrogen-bond donors (Lipinski definition) is 0. The molecule has 0 aliphatic carbocycles. The van der Waals surface area contributed by atoms with Crippen LogP contribution >= 0.6 is 11.8 Å². The van der Waals surface area contributed by atoms with Gasteiger partial charge in [-0.1, -0.05) is 18.3 Å². The Kier molecular flexibility index (Phi) is 5.05. The molecule has 0 amide bonds. The molecule has 4 heterocycles. The van der Waals surface area contributed by atoms with Gasteiger partial charge in [-0.25, -0.2) is 9.18 Å². The average molecular weight is 458 g/mol. The number of aryl methyl sites for hydroxylation is 1. The lowest BCUT2D eigenvalue weighted by Gasteiger charge is -2.47. The smallest absolute Gasteiger partial charge is 0.396 e. The predicted octanol–water partition coefficient (Wildman–Crippen LogP) is 3.73. The Labute approximate surface area is 189 Å². The van der Waals surface area contributed by atoms with E-state index in [4.69, 9.17) is 8.83 Å². The lowest BCUT2D eigenvalue weighted by Crippen LogP contribution is -2.46. The standard InChI is InChI=1S/C23H24FN3O4S/c1-12-16-9-17(24)19(10-18(16)27-15(4)32-22(27)21(12)13(2)28)26-7-5-25(6-8-26)11-20-14(3)30-23(29)31-20/h9-10,15H,1,5-8,11H2,2-4H3. The highest BCUT2D eigenvalue weighted by molar-refractivity contribution is 8.05. The minimum absolute atomic E-state index is 0.0515. The summed E-state index contributed by atoms with van der Waals surface area (Å²) in [5, 5.41) is 1.08. The van der Waals surface area contributed by atoms with E-state index in [1.807, 2.05) is 11.0 Å². The molecule has 3 aliphatic heterocycles. The number of fused-ring (bicyclic) bond motifs is 3. The maximum absolute atomic E-state index is 15.2. The molecule has 0 N–H and O–H groups in total. The Balaban J connectivity index is 1.38. The van der Waals surface area contributed by atoms with Gasteiger partial charge in [0.1, 0.15) is 11.6 Å². The molecule has 2 aromatic rings. The average Bonchev–Trinajstić information content (AvgIpc) is 3.05. The molecule has 9 heteroatoms. The maximum atomic E-state index is 15.2. The van der Waals surface area contributed by atoms with E-state index in [1.54, 1.807) is 18.7 Å². The number of carbonyl (C=O) groups is 1. The topological polar surface area (TPSA) is 70.1 Å². The number of halogens is 1. The third-order valence-electron chi connectivity index (χ3n) is 6.30. The number of piperazine rings is 1. The molecule has 0 saturated carbocycles. The number of hydrogen-bond acceptors (Lipinski definition) is 8. The first kappa shape index (κ1) is 21.1. The second kappa shape index (κ2) is 7.67. The second-order valence-corrected chi connectivity index (χ2v) is 9.62. The Bertz CT molecular complexity index is 1220. The molecule has 3 aliphatic rings. The highest BCUT2D eigenvalue weighted by Crippen LogP contribution is 2.54. The van der Waals surface area contributed by atoms with Crippen LogP contribution in [0.3, 0.4) is 0 Å². The molecule has 7 nitrogen and oxygen atoms in total. The molecule has 168 valence electrons. The van der Waals surface area contributed by atoms with Crippen LogP contribution in [0.2, 0.25) is 0 Å². The molecule has 1 aromatic heterocycles. The summed E-state index contributed by atoms with van der Waals surface area (Å²) in [4.78, 5) is 29.8. The Morgan fingerprint density at radius 2 is 1.94 bits per heavy atom. The summed E-state index contributed by atoms with van der Waals surface area (Å²) in [5.74, 6) is -0.0272. The van der Waals surface area contributed by atoms with Crippen LogP contribution in [-0.4, -0.2) is 42.2 Å². The first-order chi connectivity index (χ1) is 15.2. The van der Waals surface area contributed by atoms with E-state index in [1.165, 1.54) is 13.0 Å². The van der Waals surface area contributed by atoms with E-state index in [2.05, 4.69) is 23.3 Å². The van der Waals surface area contributed by atoms with Gasteiger partial charge in [-0.15, -0.1) is 0 Å². The summed E-state index contributed by atoms with van der Waals surface area (Å²) in [5.41, 5.74) is 3.30. The molecule has 1 atom stereocenters. The maximum Gasteiger partial charge on any atom is 0.519 e. The Morgan fingerprint density at radius 3 is 2.53 bits per heavy atom. The van der Waals surface area contributed by atoms with Gasteiger partial charge >= 0.3 is 5.82 Å². The molecule has 0 spiro atoms. The van der Waals surface area contributed by atoms with Crippen molar-refractivity contribution in [3.63, 3.8) is 0 Å². The van der Waals surface area contributed by atoms with Crippen LogP contribution in [0.4, 0.5) is 15.8 Å². The number of allylic oxidation sites excluding steroid dienone is 2. The number of carbonyl (C=O) groups excluding carboxylic acids is 1. The molecule has 1 aromatic carbocycles. The van der Waals surface area contributed by atoms with Crippen LogP contribution in [0, 0.1) is 12.7 Å². The zero-order valence-corrected chi connectivity index (χ0v) is 19.1. The molecule has 2 fully saturated rings. The van der Waals surface area contributed by atoms with Gasteiger partial charge in [-0.05, 0) is 38.5 Å². The van der Waals surface area contributed by atoms with Crippen LogP contribution in [0.1, 0.15) is 30.9 Å². The summed E-state index contributed by atoms with van der Waals surface area (Å²) in [6, 6.07) is 3.40. The number of Topliss-reactive ketones (excluding diaryl/α,β-unsaturated/α-hetero) is 1. The van der Waals surface area contributed by atoms with Gasteiger partial charge in [0.25, 0.3) is 0 Å². The molecule has 1 unspecified atom stereocenters. The summed E-state index contributed by atoms with van der Waals surface area (Å²) in [6.07, 6.45) is 0. The Hall–Kier alpha value is -2.78. The monoisotopic (exact) mass is 457 g/mol. The quantitative estimate of drug-likeness (QED) is 0.688. The highest BCUT2D eigenvalue weighted by atomic mass is 32.2. The number of thioether (sulfide) groups is 1. The number of rotatable bonds is 4. The molecular formula is C23H24FN3O4S. The minimum atomic E-state index is -0.686. The first-order valence-corrected chi connectivity index (χ1v) is 11.4. The zero-order valence-electron chi connectivity index (χ0n) is 18.2. The fourth-order valence-electron chi connectivity index (χ4n) is 4.60. The van der Waals surface area contributed by atoms with Crippen molar-refractivity contribution < 1.29 is 18.0 Å². The van der Waals surface area contributed by atoms with Crippen molar-refractivity contribution >= 4 is 34.5 Å². The van der Waals surface area contributed by atoms with Gasteiger partial charge < -0.3 is 18.6 Å². The SMILES string of the molecule is C=C1C(C(C)=O)=C2SC(C)N2c2cc(N3CCN(Cc4oc(=O)oc4C)CC3)c(F)cc21. The van der Waals surface area contributed by atoms with Gasteiger partial charge in [-0.3, -0.25) is 9.69 Å². The van der Waals surface area contributed by atoms with E-state index < -0.39 is 5.82 Å². The van der Waals surface area contributed by atoms with Gasteiger partial charge in [0.05, 0.1) is 33.9 Å². The molecular weight excluding hydrogens is 433 g/mol. The van der Waals surface area contributed by atoms with E-state index in [-0.39, 0.29) is 17.0 Å². The fourth-order valence-corrected chi connectivity index (χ4v) is 5.84. The van der Waals surface area contributed by atoms with Crippen LogP contribution in [-0.2, 0) is 11.3 Å². The van der Waals surface area contributed by atoms with Gasteiger partial charge in [-0.2, -0.15) is 0 Å². The minimum Gasteiger partial charge on any atom is -0.396 e. The van der Waals surface area contributed by atoms with Crippen molar-refractivity contribution in [1.29, 1.82) is 0 Å². The lowest BCUT2D eigenvalue weighted by atomic mass is 9.91. The van der Waals surface area contributed by atoms with Crippen molar-refractivity contribution in [2.45, 2.75) is 32.7 Å². The van der Waals surface area contributed by atoms with E-state index in [0.29, 0.717) is 66.6 Å². The van der Waals surface area contributed by atoms with Crippen molar-refractivity contribution in [3.8, 4) is 0 Å². The van der Waals surface area contributed by atoms with Crippen LogP contribution in [0.15, 0.2) is 42.9 Å². The summed E-state index contributed by atoms with van der Waals surface area (Å²) >= 11 is 1.64. The van der Waals surface area contributed by atoms with Crippen molar-refractivity contribution in [3.05, 3.63) is 62.8 Å². The molecule has 2 saturated heterocycles. The van der Waals surface area contributed by atoms with E-state index >= 15 is 4.39 Å². The van der Waals surface area contributed by atoms with Crippen molar-refractivity contribution in [1.82, 2.24) is 4.90 Å². The Morgan fingerprint density at radius 1 is 1.22 bits per heavy atom. The molecule has 32 heavy (non-hydrogen) atoms. The normalized spacial score (nSPS) is 20.9. The number of ketones is 1. The first-order valence-electron chi connectivity index (χ1n) is 10.6. The summed E-state index contributed by atoms with van der Waals surface area (Å²) in [6.45, 7) is 12.6. The predicted molar refractivity (Wildman–Crippen MR) is 122 cm³/mol. The van der Waals surface area contributed by atoms with Crippen LogP contribution in [0.25, 0.3) is 5.57 Å². The second-order valence-electron chi connectivity index (χ2n) is 8.32. The molecule has 0 bridgehead atoms. The fraction of sp³-hybridized carbons (Fsp3) is 0.391.